The summed E-state index contributed by atoms with van der Waals surface area (Å²) in [5, 5.41) is 8.26. The quantitative estimate of drug-likeness (QED) is 0.638. The van der Waals surface area contributed by atoms with Crippen LogP contribution in [0.15, 0.2) is 12.2 Å². The highest BCUT2D eigenvalue weighted by Crippen LogP contribution is 2.11. The minimum absolute atomic E-state index is 0.434. The second-order valence-corrected chi connectivity index (χ2v) is 2.89. The number of carboxylic acid groups (broad SMARTS) is 1. The summed E-state index contributed by atoms with van der Waals surface area (Å²) in [6.45, 7) is 1.70. The zero-order valence-corrected chi connectivity index (χ0v) is 6.74. The number of nitrogens with zero attached hydrogens (tertiary/aromatic N) is 1. The third-order valence-electron chi connectivity index (χ3n) is 1.84. The van der Waals surface area contributed by atoms with E-state index in [1.165, 1.54) is 0 Å². The Kier molecular flexibility index (Phi) is 3.22. The standard InChI is InChI=1S/C8H12FNO2/c9-7-3-5-10(6-7)4-1-2-8(11)12/h1-2,7H,3-6H2,(H,11,12)/b2-1+. The molecule has 0 aliphatic carbocycles. The van der Waals surface area contributed by atoms with E-state index in [1.54, 1.807) is 6.08 Å². The molecule has 1 heterocycles. The van der Waals surface area contributed by atoms with Gasteiger partial charge in [-0.25, -0.2) is 9.18 Å². The van der Waals surface area contributed by atoms with E-state index in [-0.39, 0.29) is 0 Å². The second-order valence-electron chi connectivity index (χ2n) is 2.89. The Hall–Kier alpha value is -0.900. The highest BCUT2D eigenvalue weighted by molar-refractivity contribution is 5.79. The summed E-state index contributed by atoms with van der Waals surface area (Å²) in [6.07, 6.45) is 2.47. The molecule has 68 valence electrons. The zero-order valence-electron chi connectivity index (χ0n) is 6.74. The number of halogens is 1. The van der Waals surface area contributed by atoms with E-state index in [2.05, 4.69) is 0 Å². The molecule has 3 nitrogen and oxygen atoms in total. The zero-order chi connectivity index (χ0) is 8.97. The summed E-state index contributed by atoms with van der Waals surface area (Å²) in [4.78, 5) is 12.0. The summed E-state index contributed by atoms with van der Waals surface area (Å²) in [5.41, 5.74) is 0. The van der Waals surface area contributed by atoms with Gasteiger partial charge in [0.1, 0.15) is 6.17 Å². The predicted octanol–water partition coefficient (Wildman–Crippen LogP) is 0.671. The van der Waals surface area contributed by atoms with Crippen molar-refractivity contribution in [1.29, 1.82) is 0 Å². The maximum absolute atomic E-state index is 12.6. The number of carbonyl (C=O) groups is 1. The first kappa shape index (κ1) is 9.19. The molecule has 1 atom stereocenters. The highest BCUT2D eigenvalue weighted by Gasteiger charge is 2.19. The van der Waals surface area contributed by atoms with Crippen LogP contribution in [-0.4, -0.2) is 41.8 Å². The third-order valence-corrected chi connectivity index (χ3v) is 1.84. The molecule has 1 saturated heterocycles. The average Bonchev–Trinajstić information content (AvgIpc) is 2.35. The van der Waals surface area contributed by atoms with Crippen molar-refractivity contribution in [3.05, 3.63) is 12.2 Å². The molecule has 4 heteroatoms. The van der Waals surface area contributed by atoms with Gasteiger partial charge in [0.25, 0.3) is 0 Å². The molecule has 0 aromatic rings. The maximum atomic E-state index is 12.6. The normalized spacial score (nSPS) is 25.2. The molecule has 1 fully saturated rings. The maximum Gasteiger partial charge on any atom is 0.328 e. The van der Waals surface area contributed by atoms with Crippen LogP contribution in [-0.2, 0) is 4.79 Å². The van der Waals surface area contributed by atoms with Crippen LogP contribution in [0.1, 0.15) is 6.42 Å². The lowest BCUT2D eigenvalue weighted by Gasteiger charge is -2.09. The molecule has 0 aromatic carbocycles. The van der Waals surface area contributed by atoms with Crippen LogP contribution in [0, 0.1) is 0 Å². The first-order valence-electron chi connectivity index (χ1n) is 3.94. The van der Waals surface area contributed by atoms with Gasteiger partial charge in [-0.05, 0) is 6.42 Å². The van der Waals surface area contributed by atoms with Crippen LogP contribution < -0.4 is 0 Å². The largest absolute Gasteiger partial charge is 0.478 e. The van der Waals surface area contributed by atoms with Crippen LogP contribution in [0.4, 0.5) is 4.39 Å². The minimum atomic E-state index is -0.953. The van der Waals surface area contributed by atoms with Crippen molar-refractivity contribution in [3.8, 4) is 0 Å². The molecule has 0 radical (unpaired) electrons. The van der Waals surface area contributed by atoms with Crippen LogP contribution >= 0.6 is 0 Å². The number of likely N-dealkylation sites (tertiary alicyclic amines) is 1. The first-order chi connectivity index (χ1) is 5.68. The predicted molar refractivity (Wildman–Crippen MR) is 42.7 cm³/mol. The van der Waals surface area contributed by atoms with Gasteiger partial charge in [-0.3, -0.25) is 4.90 Å². The van der Waals surface area contributed by atoms with Crippen molar-refractivity contribution >= 4 is 5.97 Å². The summed E-state index contributed by atoms with van der Waals surface area (Å²) >= 11 is 0. The SMILES string of the molecule is O=C(O)/C=C/CN1CCC(F)C1. The fourth-order valence-corrected chi connectivity index (χ4v) is 1.25. The lowest BCUT2D eigenvalue weighted by molar-refractivity contribution is -0.131. The number of carboxylic acids is 1. The van der Waals surface area contributed by atoms with Gasteiger partial charge in [0.15, 0.2) is 0 Å². The molecular formula is C8H12FNO2. The average molecular weight is 173 g/mol. The Morgan fingerprint density at radius 2 is 2.50 bits per heavy atom. The van der Waals surface area contributed by atoms with Crippen molar-refractivity contribution in [2.75, 3.05) is 19.6 Å². The Bertz CT molecular complexity index is 193. The van der Waals surface area contributed by atoms with Gasteiger partial charge >= 0.3 is 5.97 Å². The van der Waals surface area contributed by atoms with Crippen LogP contribution in [0.25, 0.3) is 0 Å². The van der Waals surface area contributed by atoms with E-state index in [1.807, 2.05) is 4.90 Å². The molecular weight excluding hydrogens is 161 g/mol. The van der Waals surface area contributed by atoms with Gasteiger partial charge in [-0.1, -0.05) is 6.08 Å². The Labute approximate surface area is 70.5 Å². The van der Waals surface area contributed by atoms with E-state index in [0.29, 0.717) is 19.5 Å². The number of rotatable bonds is 3. The smallest absolute Gasteiger partial charge is 0.328 e. The summed E-state index contributed by atoms with van der Waals surface area (Å²) in [5.74, 6) is -0.953. The number of aliphatic carboxylic acids is 1. The van der Waals surface area contributed by atoms with Gasteiger partial charge in [0.05, 0.1) is 0 Å². The monoisotopic (exact) mass is 173 g/mol. The molecule has 0 bridgehead atoms. The second kappa shape index (κ2) is 4.21. The van der Waals surface area contributed by atoms with Gasteiger partial charge < -0.3 is 5.11 Å². The minimum Gasteiger partial charge on any atom is -0.478 e. The molecule has 1 N–H and O–H groups in total. The highest BCUT2D eigenvalue weighted by atomic mass is 19.1. The van der Waals surface area contributed by atoms with E-state index < -0.39 is 12.1 Å². The van der Waals surface area contributed by atoms with E-state index in [0.717, 1.165) is 12.6 Å². The molecule has 1 aliphatic rings. The summed E-state index contributed by atoms with van der Waals surface area (Å²) < 4.78 is 12.6. The molecule has 1 unspecified atom stereocenters. The summed E-state index contributed by atoms with van der Waals surface area (Å²) in [6, 6.07) is 0. The number of hydrogen-bond donors (Lipinski definition) is 1. The van der Waals surface area contributed by atoms with Crippen molar-refractivity contribution in [1.82, 2.24) is 4.90 Å². The molecule has 0 saturated carbocycles. The molecule has 12 heavy (non-hydrogen) atoms. The van der Waals surface area contributed by atoms with Crippen molar-refractivity contribution in [2.24, 2.45) is 0 Å². The van der Waals surface area contributed by atoms with E-state index in [9.17, 15) is 9.18 Å². The third kappa shape index (κ3) is 3.00. The lowest BCUT2D eigenvalue weighted by Crippen LogP contribution is -2.20. The number of hydrogen-bond acceptors (Lipinski definition) is 2. The Balaban J connectivity index is 2.20. The Morgan fingerprint density at radius 3 is 3.00 bits per heavy atom. The molecule has 1 aliphatic heterocycles. The van der Waals surface area contributed by atoms with Gasteiger partial charge in [0.2, 0.25) is 0 Å². The van der Waals surface area contributed by atoms with Gasteiger partial charge in [-0.15, -0.1) is 0 Å². The lowest BCUT2D eigenvalue weighted by atomic mass is 10.3. The number of alkyl halides is 1. The van der Waals surface area contributed by atoms with Gasteiger partial charge in [0, 0.05) is 25.7 Å². The van der Waals surface area contributed by atoms with Crippen LogP contribution in [0.5, 0.6) is 0 Å². The fraction of sp³-hybridized carbons (Fsp3) is 0.625. The first-order valence-corrected chi connectivity index (χ1v) is 3.94. The molecule has 1 rings (SSSR count). The van der Waals surface area contributed by atoms with Gasteiger partial charge in [-0.2, -0.15) is 0 Å². The summed E-state index contributed by atoms with van der Waals surface area (Å²) in [7, 11) is 0. The van der Waals surface area contributed by atoms with Crippen LogP contribution in [0.3, 0.4) is 0 Å². The Morgan fingerprint density at radius 1 is 1.75 bits per heavy atom. The van der Waals surface area contributed by atoms with Crippen LogP contribution in [0.2, 0.25) is 0 Å². The molecule has 0 spiro atoms. The van der Waals surface area contributed by atoms with Crippen molar-refractivity contribution in [2.45, 2.75) is 12.6 Å². The van der Waals surface area contributed by atoms with E-state index >= 15 is 0 Å². The fourth-order valence-electron chi connectivity index (χ4n) is 1.25. The molecule has 0 amide bonds. The topological polar surface area (TPSA) is 40.5 Å². The van der Waals surface area contributed by atoms with Crippen molar-refractivity contribution < 1.29 is 14.3 Å². The van der Waals surface area contributed by atoms with Crippen molar-refractivity contribution in [3.63, 3.8) is 0 Å². The van der Waals surface area contributed by atoms with E-state index in [4.69, 9.17) is 5.11 Å². The molecule has 0 aromatic heterocycles.